The summed E-state index contributed by atoms with van der Waals surface area (Å²) in [6.07, 6.45) is 2.29. The van der Waals surface area contributed by atoms with Crippen LogP contribution in [0.4, 0.5) is 0 Å². The van der Waals surface area contributed by atoms with Crippen LogP contribution in [-0.2, 0) is 31.7 Å². The van der Waals surface area contributed by atoms with Gasteiger partial charge in [0.05, 0.1) is 0 Å². The lowest BCUT2D eigenvalue weighted by atomic mass is 9.71. The normalized spacial score (nSPS) is 18.1. The van der Waals surface area contributed by atoms with Crippen molar-refractivity contribution in [2.75, 3.05) is 6.54 Å². The molecule has 39 heavy (non-hydrogen) atoms. The average molecular weight is 550 g/mol. The predicted molar refractivity (Wildman–Crippen MR) is 174 cm³/mol. The largest absolute Gasteiger partial charge is 0.403 e. The minimum absolute atomic E-state index is 0.0356. The maximum Gasteiger partial charge on any atom is 0.185 e. The molecule has 0 radical (unpaired) electrons. The Kier molecular flexibility index (Phi) is 8.60. The first-order valence-electron chi connectivity index (χ1n) is 15.2. The van der Waals surface area contributed by atoms with E-state index in [9.17, 15) is 0 Å². The Balaban J connectivity index is 2.56. The van der Waals surface area contributed by atoms with E-state index in [-0.39, 0.29) is 27.7 Å². The van der Waals surface area contributed by atoms with Gasteiger partial charge in [-0.05, 0) is 94.1 Å². The van der Waals surface area contributed by atoms with Crippen molar-refractivity contribution in [1.29, 1.82) is 0 Å². The van der Waals surface area contributed by atoms with Crippen molar-refractivity contribution >= 4 is 8.32 Å². The Labute approximate surface area is 242 Å². The van der Waals surface area contributed by atoms with Gasteiger partial charge in [-0.15, -0.1) is 0 Å². The number of nitrogens with one attached hydrogen (secondary N) is 1. The fourth-order valence-corrected chi connectivity index (χ4v) is 7.03. The highest BCUT2D eigenvalue weighted by Crippen LogP contribution is 2.47. The van der Waals surface area contributed by atoms with E-state index in [0.29, 0.717) is 0 Å². The van der Waals surface area contributed by atoms with Crippen molar-refractivity contribution in [1.82, 2.24) is 5.32 Å². The zero-order valence-corrected chi connectivity index (χ0v) is 29.1. The zero-order chi connectivity index (χ0) is 29.8. The topological polar surface area (TPSA) is 21.3 Å². The van der Waals surface area contributed by atoms with Crippen molar-refractivity contribution in [2.24, 2.45) is 0 Å². The van der Waals surface area contributed by atoms with Crippen molar-refractivity contribution in [3.63, 3.8) is 0 Å². The molecule has 0 bridgehead atoms. The van der Waals surface area contributed by atoms with E-state index in [4.69, 9.17) is 4.43 Å². The fraction of sp³-hybridized carbons (Fsp3) is 0.667. The first-order valence-corrected chi connectivity index (χ1v) is 18.6. The average Bonchev–Trinajstić information content (AvgIpc) is 3.29. The molecule has 2 aromatic rings. The van der Waals surface area contributed by atoms with Gasteiger partial charge in [0, 0.05) is 6.04 Å². The molecule has 1 aliphatic heterocycles. The van der Waals surface area contributed by atoms with Crippen LogP contribution >= 0.6 is 0 Å². The summed E-state index contributed by atoms with van der Waals surface area (Å²) in [7, 11) is -2.02. The molecule has 0 amide bonds. The monoisotopic (exact) mass is 549 g/mol. The van der Waals surface area contributed by atoms with Crippen molar-refractivity contribution < 1.29 is 4.43 Å². The van der Waals surface area contributed by atoms with Crippen LogP contribution in [-0.4, -0.2) is 20.9 Å². The molecule has 1 aliphatic rings. The van der Waals surface area contributed by atoms with Crippen LogP contribution in [0.1, 0.15) is 129 Å². The van der Waals surface area contributed by atoms with Gasteiger partial charge in [0.2, 0.25) is 0 Å². The summed E-state index contributed by atoms with van der Waals surface area (Å²) in [5, 5.41) is 3.95. The second kappa shape index (κ2) is 10.4. The molecule has 0 saturated carbocycles. The maximum atomic E-state index is 7.63. The van der Waals surface area contributed by atoms with Gasteiger partial charge in [0.25, 0.3) is 0 Å². The summed E-state index contributed by atoms with van der Waals surface area (Å²) in [4.78, 5) is 0. The van der Waals surface area contributed by atoms with Gasteiger partial charge in [-0.2, -0.15) is 0 Å². The van der Waals surface area contributed by atoms with Crippen LogP contribution in [0, 0.1) is 0 Å². The van der Waals surface area contributed by atoms with Gasteiger partial charge in [0.15, 0.2) is 8.32 Å². The first kappa shape index (κ1) is 32.1. The summed E-state index contributed by atoms with van der Waals surface area (Å²) in [5.41, 5.74) is 7.74. The number of benzene rings is 2. The molecule has 0 unspecified atom stereocenters. The Morgan fingerprint density at radius 2 is 0.872 bits per heavy atom. The van der Waals surface area contributed by atoms with Crippen molar-refractivity contribution in [3.05, 3.63) is 69.8 Å². The zero-order valence-electron chi connectivity index (χ0n) is 28.1. The van der Waals surface area contributed by atoms with E-state index in [1.807, 2.05) is 0 Å². The van der Waals surface area contributed by atoms with Crippen LogP contribution in [0.25, 0.3) is 0 Å². The predicted octanol–water partition coefficient (Wildman–Crippen LogP) is 9.72. The highest BCUT2D eigenvalue weighted by Gasteiger charge is 2.48. The molecule has 0 spiro atoms. The molecule has 1 fully saturated rings. The van der Waals surface area contributed by atoms with E-state index in [0.717, 1.165) is 13.0 Å². The van der Waals surface area contributed by atoms with E-state index < -0.39 is 13.9 Å². The molecule has 1 atom stereocenters. The third-order valence-electron chi connectivity index (χ3n) is 8.21. The van der Waals surface area contributed by atoms with Crippen molar-refractivity contribution in [2.45, 2.75) is 149 Å². The van der Waals surface area contributed by atoms with Crippen LogP contribution in [0.15, 0.2) is 36.4 Å². The van der Waals surface area contributed by atoms with Crippen LogP contribution in [0.5, 0.6) is 0 Å². The molecule has 1 N–H and O–H groups in total. The summed E-state index contributed by atoms with van der Waals surface area (Å²) in [6.45, 7) is 36.2. The minimum atomic E-state index is -2.02. The summed E-state index contributed by atoms with van der Waals surface area (Å²) in [6, 6.07) is 15.0. The lowest BCUT2D eigenvalue weighted by Crippen LogP contribution is -2.53. The molecule has 2 aromatic carbocycles. The Morgan fingerprint density at radius 3 is 1.10 bits per heavy atom. The maximum absolute atomic E-state index is 7.63. The molecule has 2 nitrogen and oxygen atoms in total. The van der Waals surface area contributed by atoms with Crippen LogP contribution in [0.2, 0.25) is 19.6 Å². The third kappa shape index (κ3) is 7.27. The molecule has 0 aliphatic carbocycles. The Morgan fingerprint density at radius 1 is 0.564 bits per heavy atom. The van der Waals surface area contributed by atoms with Gasteiger partial charge in [-0.3, -0.25) is 0 Å². The van der Waals surface area contributed by atoms with E-state index in [1.54, 1.807) is 0 Å². The van der Waals surface area contributed by atoms with E-state index in [1.165, 1.54) is 39.8 Å². The molecule has 1 heterocycles. The van der Waals surface area contributed by atoms with Gasteiger partial charge in [-0.25, -0.2) is 0 Å². The van der Waals surface area contributed by atoms with Gasteiger partial charge in [0.1, 0.15) is 5.60 Å². The standard InChI is InChI=1S/C36H59NOSi/c1-32(2,3)25-19-26(33(4,5)6)22-29(21-25)36(38-39(13,14)15,31-17-16-18-37-31)30-23-27(34(7,8)9)20-28(24-30)35(10,11)12/h19-24,31,37H,16-18H2,1-15H3/t31-/m0/s1. The number of hydrogen-bond acceptors (Lipinski definition) is 2. The van der Waals surface area contributed by atoms with E-state index in [2.05, 4.69) is 144 Å². The SMILES string of the molecule is CC(C)(C)c1cc(C(C)(C)C)cc(C(O[Si](C)(C)C)(c2cc(C(C)(C)C)cc(C(C)(C)C)c2)[C@@H]2CCCN2)c1. The molecule has 218 valence electrons. The molecular weight excluding hydrogens is 490 g/mol. The van der Waals surface area contributed by atoms with Gasteiger partial charge < -0.3 is 9.74 Å². The smallest absolute Gasteiger partial charge is 0.185 e. The van der Waals surface area contributed by atoms with Crippen molar-refractivity contribution in [3.8, 4) is 0 Å². The second-order valence-corrected chi connectivity index (χ2v) is 21.6. The Hall–Kier alpha value is -1.42. The summed E-state index contributed by atoms with van der Waals surface area (Å²) >= 11 is 0. The fourth-order valence-electron chi connectivity index (χ4n) is 5.69. The summed E-state index contributed by atoms with van der Waals surface area (Å²) < 4.78 is 7.63. The van der Waals surface area contributed by atoms with Gasteiger partial charge >= 0.3 is 0 Å². The molecule has 3 rings (SSSR count). The highest BCUT2D eigenvalue weighted by atomic mass is 28.4. The Bertz CT molecular complexity index is 1010. The highest BCUT2D eigenvalue weighted by molar-refractivity contribution is 6.69. The quantitative estimate of drug-likeness (QED) is 0.375. The number of rotatable bonds is 5. The molecule has 1 saturated heterocycles. The summed E-state index contributed by atoms with van der Waals surface area (Å²) in [5.74, 6) is 0. The minimum Gasteiger partial charge on any atom is -0.403 e. The number of hydrogen-bond donors (Lipinski definition) is 1. The molecule has 0 aromatic heterocycles. The second-order valence-electron chi connectivity index (χ2n) is 17.2. The molecular formula is C36H59NOSi. The van der Waals surface area contributed by atoms with E-state index >= 15 is 0 Å². The lowest BCUT2D eigenvalue weighted by molar-refractivity contribution is 0.0634. The van der Waals surface area contributed by atoms with Crippen LogP contribution in [0.3, 0.4) is 0 Å². The first-order chi connectivity index (χ1) is 17.4. The third-order valence-corrected chi connectivity index (χ3v) is 9.14. The van der Waals surface area contributed by atoms with Crippen LogP contribution < -0.4 is 5.32 Å². The lowest BCUT2D eigenvalue weighted by Gasteiger charge is -2.46. The molecule has 3 heteroatoms. The van der Waals surface area contributed by atoms with Gasteiger partial charge in [-0.1, -0.05) is 119 Å².